The van der Waals surface area contributed by atoms with Gasteiger partial charge in [0.2, 0.25) is 5.88 Å². The molecule has 166 valence electrons. The summed E-state index contributed by atoms with van der Waals surface area (Å²) in [6.07, 6.45) is 1.16. The van der Waals surface area contributed by atoms with Gasteiger partial charge in [-0.25, -0.2) is 22.8 Å². The normalized spacial score (nSPS) is 12.4. The predicted molar refractivity (Wildman–Crippen MR) is 111 cm³/mol. The second-order valence-corrected chi connectivity index (χ2v) is 9.13. The van der Waals surface area contributed by atoms with E-state index in [1.807, 2.05) is 0 Å². The van der Waals surface area contributed by atoms with Gasteiger partial charge in [-0.3, -0.25) is 4.57 Å². The Hall–Kier alpha value is -3.31. The highest BCUT2D eigenvalue weighted by Gasteiger charge is 2.46. The summed E-state index contributed by atoms with van der Waals surface area (Å²) in [6.45, 7) is 0.0304. The van der Waals surface area contributed by atoms with Crippen LogP contribution in [0.5, 0.6) is 5.88 Å². The number of sulfone groups is 1. The molecule has 2 heterocycles. The van der Waals surface area contributed by atoms with E-state index in [-0.39, 0.29) is 17.4 Å². The topological polar surface area (TPSA) is 94.2 Å². The molecule has 7 nitrogen and oxygen atoms in total. The number of para-hydroxylation sites is 1. The number of imidazole rings is 1. The minimum Gasteiger partial charge on any atom is -0.493 e. The molecule has 0 aliphatic rings. The van der Waals surface area contributed by atoms with Crippen molar-refractivity contribution in [2.45, 2.75) is 16.9 Å². The number of aromatic hydroxyl groups is 1. The third-order valence-electron chi connectivity index (χ3n) is 4.76. The van der Waals surface area contributed by atoms with Crippen LogP contribution >= 0.6 is 11.6 Å². The van der Waals surface area contributed by atoms with Crippen molar-refractivity contribution in [1.82, 2.24) is 14.1 Å². The van der Waals surface area contributed by atoms with Crippen molar-refractivity contribution in [1.29, 1.82) is 0 Å². The van der Waals surface area contributed by atoms with Crippen LogP contribution in [0, 0.1) is 0 Å². The fourth-order valence-electron chi connectivity index (χ4n) is 3.27. The van der Waals surface area contributed by atoms with Crippen LogP contribution < -0.4 is 5.69 Å². The van der Waals surface area contributed by atoms with E-state index in [0.29, 0.717) is 11.1 Å². The van der Waals surface area contributed by atoms with Gasteiger partial charge in [0, 0.05) is 5.39 Å². The molecule has 1 N–H and O–H groups in total. The van der Waals surface area contributed by atoms with Gasteiger partial charge in [-0.1, -0.05) is 29.8 Å². The van der Waals surface area contributed by atoms with E-state index in [4.69, 9.17) is 11.6 Å². The van der Waals surface area contributed by atoms with Gasteiger partial charge in [0.1, 0.15) is 5.15 Å². The maximum Gasteiger partial charge on any atom is 0.501 e. The van der Waals surface area contributed by atoms with Gasteiger partial charge in [0.25, 0.3) is 9.84 Å². The van der Waals surface area contributed by atoms with Gasteiger partial charge < -0.3 is 5.11 Å². The SMILES string of the molecule is O=c1n(Cc2cc(Cl)nc3ccccc23)cc(O)n1-c1ccc(S(=O)(=O)C(F)(F)F)cc1. The van der Waals surface area contributed by atoms with Crippen molar-refractivity contribution in [2.24, 2.45) is 0 Å². The summed E-state index contributed by atoms with van der Waals surface area (Å²) >= 11 is 6.06. The smallest absolute Gasteiger partial charge is 0.493 e. The minimum absolute atomic E-state index is 0.00927. The minimum atomic E-state index is -5.53. The lowest BCUT2D eigenvalue weighted by molar-refractivity contribution is -0.0436. The molecule has 2 aromatic heterocycles. The molecule has 0 amide bonds. The molecule has 0 saturated heterocycles. The number of pyridine rings is 1. The Morgan fingerprint density at radius 3 is 2.38 bits per heavy atom. The van der Waals surface area contributed by atoms with Crippen molar-refractivity contribution in [2.75, 3.05) is 0 Å². The van der Waals surface area contributed by atoms with Crippen LogP contribution in [0.2, 0.25) is 5.15 Å². The first-order chi connectivity index (χ1) is 15.0. The lowest BCUT2D eigenvalue weighted by Crippen LogP contribution is -2.24. The summed E-state index contributed by atoms with van der Waals surface area (Å²) in [5.74, 6) is -0.481. The predicted octanol–water partition coefficient (Wildman–Crippen LogP) is 3.89. The Kier molecular flexibility index (Phi) is 5.25. The van der Waals surface area contributed by atoms with Gasteiger partial charge in [0.05, 0.1) is 28.8 Å². The lowest BCUT2D eigenvalue weighted by Gasteiger charge is -2.09. The molecular weight excluding hydrogens is 471 g/mol. The second-order valence-electron chi connectivity index (χ2n) is 6.80. The number of hydrogen-bond donors (Lipinski definition) is 1. The number of fused-ring (bicyclic) bond motifs is 1. The maximum atomic E-state index is 12.9. The molecule has 2 aromatic carbocycles. The van der Waals surface area contributed by atoms with Crippen molar-refractivity contribution < 1.29 is 26.7 Å². The lowest BCUT2D eigenvalue weighted by atomic mass is 10.1. The van der Waals surface area contributed by atoms with Crippen LogP contribution in [-0.4, -0.2) is 33.2 Å². The van der Waals surface area contributed by atoms with Crippen LogP contribution in [0.25, 0.3) is 16.6 Å². The van der Waals surface area contributed by atoms with Crippen LogP contribution in [0.15, 0.2) is 70.5 Å². The van der Waals surface area contributed by atoms with E-state index in [1.54, 1.807) is 30.3 Å². The third-order valence-corrected chi connectivity index (χ3v) is 6.45. The molecule has 0 aliphatic carbocycles. The number of benzene rings is 2. The fourth-order valence-corrected chi connectivity index (χ4v) is 4.25. The van der Waals surface area contributed by atoms with E-state index in [1.165, 1.54) is 4.57 Å². The van der Waals surface area contributed by atoms with E-state index < -0.39 is 31.8 Å². The molecule has 0 spiro atoms. The number of halogens is 4. The van der Waals surface area contributed by atoms with Gasteiger partial charge in [0.15, 0.2) is 0 Å². The van der Waals surface area contributed by atoms with Crippen LogP contribution in [0.1, 0.15) is 5.56 Å². The van der Waals surface area contributed by atoms with Gasteiger partial charge >= 0.3 is 11.2 Å². The summed E-state index contributed by atoms with van der Waals surface area (Å²) in [6, 6.07) is 12.2. The Bertz CT molecular complexity index is 1490. The molecular formula is C20H13ClF3N3O4S. The molecule has 0 radical (unpaired) electrons. The monoisotopic (exact) mass is 483 g/mol. The third kappa shape index (κ3) is 3.73. The van der Waals surface area contributed by atoms with Gasteiger partial charge in [-0.05, 0) is 42.0 Å². The molecule has 0 atom stereocenters. The quantitative estimate of drug-likeness (QED) is 0.444. The Balaban J connectivity index is 1.73. The molecule has 0 fully saturated rings. The molecule has 4 rings (SSSR count). The maximum absolute atomic E-state index is 12.9. The highest BCUT2D eigenvalue weighted by Crippen LogP contribution is 2.31. The van der Waals surface area contributed by atoms with E-state index in [2.05, 4.69) is 4.98 Å². The number of alkyl halides is 3. The average molecular weight is 484 g/mol. The van der Waals surface area contributed by atoms with Crippen LogP contribution in [0.4, 0.5) is 13.2 Å². The zero-order valence-corrected chi connectivity index (χ0v) is 17.5. The molecule has 0 bridgehead atoms. The first-order valence-electron chi connectivity index (χ1n) is 8.96. The zero-order chi connectivity index (χ0) is 23.3. The number of hydrogen-bond acceptors (Lipinski definition) is 5. The average Bonchev–Trinajstić information content (AvgIpc) is 3.00. The Morgan fingerprint density at radius 1 is 1.06 bits per heavy atom. The van der Waals surface area contributed by atoms with E-state index >= 15 is 0 Å². The van der Waals surface area contributed by atoms with Crippen LogP contribution in [0.3, 0.4) is 0 Å². The van der Waals surface area contributed by atoms with E-state index in [0.717, 1.165) is 40.4 Å². The second kappa shape index (κ2) is 7.68. The number of rotatable bonds is 4. The highest BCUT2D eigenvalue weighted by molar-refractivity contribution is 7.92. The molecule has 12 heteroatoms. The number of aromatic nitrogens is 3. The standard InChI is InChI=1S/C20H13ClF3N3O4S/c21-17-9-12(15-3-1-2-4-16(15)25-17)10-26-11-18(28)27(19(26)29)13-5-7-14(8-6-13)32(30,31)20(22,23)24/h1-9,11,28H,10H2. The largest absolute Gasteiger partial charge is 0.501 e. The highest BCUT2D eigenvalue weighted by atomic mass is 35.5. The Labute approximate surface area is 183 Å². The first kappa shape index (κ1) is 21.9. The molecule has 0 aliphatic heterocycles. The van der Waals surface area contributed by atoms with Gasteiger partial charge in [-0.2, -0.15) is 13.2 Å². The summed E-state index contributed by atoms with van der Waals surface area (Å²) in [5.41, 5.74) is -4.87. The summed E-state index contributed by atoms with van der Waals surface area (Å²) in [4.78, 5) is 16.1. The van der Waals surface area contributed by atoms with Crippen molar-refractivity contribution in [3.8, 4) is 11.6 Å². The van der Waals surface area contributed by atoms with Crippen molar-refractivity contribution in [3.63, 3.8) is 0 Å². The molecule has 0 saturated carbocycles. The molecule has 32 heavy (non-hydrogen) atoms. The van der Waals surface area contributed by atoms with Crippen molar-refractivity contribution in [3.05, 3.63) is 82.0 Å². The van der Waals surface area contributed by atoms with Crippen LogP contribution in [-0.2, 0) is 16.4 Å². The zero-order valence-electron chi connectivity index (χ0n) is 15.9. The summed E-state index contributed by atoms with van der Waals surface area (Å²) in [7, 11) is -5.53. The molecule has 0 unspecified atom stereocenters. The number of nitrogens with zero attached hydrogens (tertiary/aromatic N) is 3. The van der Waals surface area contributed by atoms with Crippen molar-refractivity contribution >= 4 is 32.3 Å². The fraction of sp³-hybridized carbons (Fsp3) is 0.100. The molecule has 4 aromatic rings. The Morgan fingerprint density at radius 2 is 1.72 bits per heavy atom. The van der Waals surface area contributed by atoms with Gasteiger partial charge in [-0.15, -0.1) is 0 Å². The summed E-state index contributed by atoms with van der Waals surface area (Å²) in [5, 5.41) is 11.2. The first-order valence-corrected chi connectivity index (χ1v) is 10.8. The summed E-state index contributed by atoms with van der Waals surface area (Å²) < 4.78 is 63.2. The van der Waals surface area contributed by atoms with E-state index in [9.17, 15) is 31.5 Å².